The molecule has 21 heavy (non-hydrogen) atoms. The first-order chi connectivity index (χ1) is 9.80. The van der Waals surface area contributed by atoms with Gasteiger partial charge in [0.05, 0.1) is 12.3 Å². The van der Waals surface area contributed by atoms with Crippen molar-refractivity contribution in [3.8, 4) is 5.75 Å². The third-order valence-electron chi connectivity index (χ3n) is 3.35. The molecule has 0 radical (unpaired) electrons. The number of fused-ring (bicyclic) bond motifs is 1. The summed E-state index contributed by atoms with van der Waals surface area (Å²) in [5, 5.41) is 12.0. The maximum absolute atomic E-state index is 11.9. The van der Waals surface area contributed by atoms with Gasteiger partial charge in [-0.25, -0.2) is 4.79 Å². The standard InChI is InChI=1S/C16H23NO4/c1-10-13(17-15(19)21-16(2,3)4)8-6-11-5-7-12(9-18)20-14(10)11/h6,8,12,18H,5,7,9H2,1-4H3,(H,17,19)/t12-/m1/s1. The largest absolute Gasteiger partial charge is 0.487 e. The van der Waals surface area contributed by atoms with Crippen LogP contribution in [0.1, 0.15) is 38.3 Å². The Balaban J connectivity index is 2.17. The van der Waals surface area contributed by atoms with Gasteiger partial charge in [-0.2, -0.15) is 0 Å². The summed E-state index contributed by atoms with van der Waals surface area (Å²) in [6.07, 6.45) is 1.02. The van der Waals surface area contributed by atoms with E-state index in [0.717, 1.165) is 29.7 Å². The van der Waals surface area contributed by atoms with Crippen LogP contribution < -0.4 is 10.1 Å². The fourth-order valence-electron chi connectivity index (χ4n) is 2.33. The predicted octanol–water partition coefficient (Wildman–Crippen LogP) is 3.03. The Morgan fingerprint density at radius 2 is 2.19 bits per heavy atom. The number of carbonyl (C=O) groups is 1. The van der Waals surface area contributed by atoms with E-state index in [1.807, 2.05) is 39.8 Å². The van der Waals surface area contributed by atoms with Gasteiger partial charge in [0.1, 0.15) is 17.5 Å². The van der Waals surface area contributed by atoms with Gasteiger partial charge >= 0.3 is 6.09 Å². The molecular weight excluding hydrogens is 270 g/mol. The lowest BCUT2D eigenvalue weighted by Crippen LogP contribution is -2.28. The van der Waals surface area contributed by atoms with Crippen molar-refractivity contribution in [2.75, 3.05) is 11.9 Å². The van der Waals surface area contributed by atoms with Crippen LogP contribution >= 0.6 is 0 Å². The fraction of sp³-hybridized carbons (Fsp3) is 0.562. The third kappa shape index (κ3) is 3.88. The van der Waals surface area contributed by atoms with Crippen molar-refractivity contribution in [1.29, 1.82) is 0 Å². The van der Waals surface area contributed by atoms with Crippen molar-refractivity contribution >= 4 is 11.8 Å². The van der Waals surface area contributed by atoms with E-state index >= 15 is 0 Å². The van der Waals surface area contributed by atoms with Crippen LogP contribution in [0.2, 0.25) is 0 Å². The molecule has 0 saturated carbocycles. The van der Waals surface area contributed by atoms with Gasteiger partial charge in [-0.1, -0.05) is 6.07 Å². The van der Waals surface area contributed by atoms with Crippen LogP contribution in [0.4, 0.5) is 10.5 Å². The van der Waals surface area contributed by atoms with Crippen LogP contribution in [0.25, 0.3) is 0 Å². The monoisotopic (exact) mass is 293 g/mol. The molecule has 0 saturated heterocycles. The Morgan fingerprint density at radius 1 is 1.48 bits per heavy atom. The Labute approximate surface area is 125 Å². The van der Waals surface area contributed by atoms with Crippen LogP contribution in [-0.2, 0) is 11.2 Å². The zero-order valence-corrected chi connectivity index (χ0v) is 13.0. The Morgan fingerprint density at radius 3 is 2.81 bits per heavy atom. The van der Waals surface area contributed by atoms with Gasteiger partial charge in [-0.3, -0.25) is 5.32 Å². The molecule has 0 fully saturated rings. The van der Waals surface area contributed by atoms with Crippen molar-refractivity contribution in [1.82, 2.24) is 0 Å². The molecule has 0 unspecified atom stereocenters. The average molecular weight is 293 g/mol. The number of nitrogens with one attached hydrogen (secondary N) is 1. The number of hydrogen-bond acceptors (Lipinski definition) is 4. The number of benzene rings is 1. The van der Waals surface area contributed by atoms with Crippen LogP contribution in [0.15, 0.2) is 12.1 Å². The number of rotatable bonds is 2. The highest BCUT2D eigenvalue weighted by Crippen LogP contribution is 2.35. The number of aliphatic hydroxyl groups is 1. The van der Waals surface area contributed by atoms with E-state index in [9.17, 15) is 9.90 Å². The Hall–Kier alpha value is -1.75. The normalized spacial score (nSPS) is 17.7. The number of aryl methyl sites for hydroxylation is 1. The summed E-state index contributed by atoms with van der Waals surface area (Å²) in [6.45, 7) is 7.36. The third-order valence-corrected chi connectivity index (χ3v) is 3.35. The SMILES string of the molecule is Cc1c(NC(=O)OC(C)(C)C)ccc2c1O[C@@H](CO)CC2. The number of carbonyl (C=O) groups excluding carboxylic acids is 1. The van der Waals surface area contributed by atoms with Gasteiger partial charge in [0.25, 0.3) is 0 Å². The molecule has 2 N–H and O–H groups in total. The van der Waals surface area contributed by atoms with E-state index < -0.39 is 11.7 Å². The Bertz CT molecular complexity index is 534. The quantitative estimate of drug-likeness (QED) is 0.879. The highest BCUT2D eigenvalue weighted by Gasteiger charge is 2.23. The van der Waals surface area contributed by atoms with Crippen LogP contribution in [0.3, 0.4) is 0 Å². The highest BCUT2D eigenvalue weighted by atomic mass is 16.6. The average Bonchev–Trinajstić information content (AvgIpc) is 2.39. The molecule has 5 heteroatoms. The second-order valence-electron chi connectivity index (χ2n) is 6.31. The first kappa shape index (κ1) is 15.6. The van der Waals surface area contributed by atoms with Crippen molar-refractivity contribution in [3.63, 3.8) is 0 Å². The zero-order valence-electron chi connectivity index (χ0n) is 13.0. The minimum atomic E-state index is -0.537. The van der Waals surface area contributed by atoms with E-state index in [1.165, 1.54) is 0 Å². The molecular formula is C16H23NO4. The van der Waals surface area contributed by atoms with Crippen molar-refractivity contribution in [2.45, 2.75) is 52.2 Å². The summed E-state index contributed by atoms with van der Waals surface area (Å²) in [5.74, 6) is 0.758. The van der Waals surface area contributed by atoms with Crippen LogP contribution in [0.5, 0.6) is 5.75 Å². The van der Waals surface area contributed by atoms with Gasteiger partial charge in [0, 0.05) is 5.56 Å². The molecule has 1 aromatic rings. The summed E-state index contributed by atoms with van der Waals surface area (Å²) in [6, 6.07) is 3.81. The van der Waals surface area contributed by atoms with Gasteiger partial charge in [-0.15, -0.1) is 0 Å². The topological polar surface area (TPSA) is 67.8 Å². The van der Waals surface area contributed by atoms with Gasteiger partial charge < -0.3 is 14.6 Å². The second kappa shape index (κ2) is 5.93. The fourth-order valence-corrected chi connectivity index (χ4v) is 2.33. The molecule has 0 spiro atoms. The van der Waals surface area contributed by atoms with Crippen molar-refractivity contribution in [2.24, 2.45) is 0 Å². The van der Waals surface area contributed by atoms with E-state index in [-0.39, 0.29) is 12.7 Å². The van der Waals surface area contributed by atoms with Crippen LogP contribution in [-0.4, -0.2) is 29.5 Å². The predicted molar refractivity (Wildman–Crippen MR) is 80.9 cm³/mol. The number of hydrogen-bond donors (Lipinski definition) is 2. The molecule has 0 bridgehead atoms. The van der Waals surface area contributed by atoms with Crippen molar-refractivity contribution in [3.05, 3.63) is 23.3 Å². The molecule has 5 nitrogen and oxygen atoms in total. The van der Waals surface area contributed by atoms with Crippen LogP contribution in [0, 0.1) is 6.92 Å². The smallest absolute Gasteiger partial charge is 0.412 e. The molecule has 116 valence electrons. The summed E-state index contributed by atoms with van der Waals surface area (Å²) in [7, 11) is 0. The molecule has 0 aromatic heterocycles. The molecule has 1 aliphatic heterocycles. The second-order valence-corrected chi connectivity index (χ2v) is 6.31. The summed E-state index contributed by atoms with van der Waals surface area (Å²) >= 11 is 0. The molecule has 1 heterocycles. The maximum Gasteiger partial charge on any atom is 0.412 e. The van der Waals surface area contributed by atoms with Gasteiger partial charge in [0.2, 0.25) is 0 Å². The minimum Gasteiger partial charge on any atom is -0.487 e. The lowest BCUT2D eigenvalue weighted by molar-refractivity contribution is 0.0635. The lowest BCUT2D eigenvalue weighted by Gasteiger charge is -2.27. The van der Waals surface area contributed by atoms with E-state index in [0.29, 0.717) is 5.69 Å². The highest BCUT2D eigenvalue weighted by molar-refractivity contribution is 5.86. The van der Waals surface area contributed by atoms with E-state index in [1.54, 1.807) is 0 Å². The van der Waals surface area contributed by atoms with E-state index in [4.69, 9.17) is 9.47 Å². The molecule has 1 aliphatic rings. The first-order valence-corrected chi connectivity index (χ1v) is 7.20. The molecule has 1 aromatic carbocycles. The summed E-state index contributed by atoms with van der Waals surface area (Å²) < 4.78 is 11.0. The maximum atomic E-state index is 11.9. The molecule has 2 rings (SSSR count). The molecule has 1 amide bonds. The first-order valence-electron chi connectivity index (χ1n) is 7.20. The lowest BCUT2D eigenvalue weighted by atomic mass is 9.98. The summed E-state index contributed by atoms with van der Waals surface area (Å²) in [4.78, 5) is 11.9. The number of anilines is 1. The number of amides is 1. The Kier molecular flexibility index (Phi) is 4.42. The zero-order chi connectivity index (χ0) is 15.6. The van der Waals surface area contributed by atoms with Gasteiger partial charge in [-0.05, 0) is 52.2 Å². The van der Waals surface area contributed by atoms with Gasteiger partial charge in [0.15, 0.2) is 0 Å². The minimum absolute atomic E-state index is 0.00258. The number of aliphatic hydroxyl groups excluding tert-OH is 1. The molecule has 0 aliphatic carbocycles. The van der Waals surface area contributed by atoms with E-state index in [2.05, 4.69) is 5.32 Å². The summed E-state index contributed by atoms with van der Waals surface area (Å²) in [5.41, 5.74) is 2.09. The molecule has 1 atom stereocenters. The van der Waals surface area contributed by atoms with Crippen molar-refractivity contribution < 1.29 is 19.4 Å². The number of ether oxygens (including phenoxy) is 2.